The normalized spacial score (nSPS) is 11.7. The van der Waals surface area contributed by atoms with Gasteiger partial charge in [0.05, 0.1) is 23.9 Å². The lowest BCUT2D eigenvalue weighted by atomic mass is 10.2. The summed E-state index contributed by atoms with van der Waals surface area (Å²) in [5.74, 6) is 0. The van der Waals surface area contributed by atoms with Gasteiger partial charge in [-0.3, -0.25) is 0 Å². The predicted octanol–water partition coefficient (Wildman–Crippen LogP) is 1.65. The molecule has 0 amide bonds. The van der Waals surface area contributed by atoms with Crippen LogP contribution in [0.5, 0.6) is 0 Å². The highest BCUT2D eigenvalue weighted by Gasteiger charge is 2.24. The maximum Gasteiger partial charge on any atom is 0.244 e. The second-order valence-electron chi connectivity index (χ2n) is 5.17. The summed E-state index contributed by atoms with van der Waals surface area (Å²) in [5, 5.41) is 8.76. The number of rotatable bonds is 6. The van der Waals surface area contributed by atoms with Crippen LogP contribution in [-0.4, -0.2) is 39.4 Å². The maximum atomic E-state index is 12.3. The molecule has 1 aromatic carbocycles. The van der Waals surface area contributed by atoms with Crippen LogP contribution in [0.25, 0.3) is 0 Å². The van der Waals surface area contributed by atoms with E-state index < -0.39 is 10.0 Å². The Morgan fingerprint density at radius 1 is 1.33 bits per heavy atom. The Balaban J connectivity index is 3.37. The van der Waals surface area contributed by atoms with Crippen molar-refractivity contribution in [3.8, 4) is 6.07 Å². The van der Waals surface area contributed by atoms with E-state index in [0.29, 0.717) is 18.7 Å². The van der Waals surface area contributed by atoms with Gasteiger partial charge in [0.1, 0.15) is 4.90 Å². The van der Waals surface area contributed by atoms with Gasteiger partial charge in [-0.1, -0.05) is 6.07 Å². The van der Waals surface area contributed by atoms with Crippen LogP contribution in [0.1, 0.15) is 20.3 Å². The highest BCUT2D eigenvalue weighted by atomic mass is 32.2. The van der Waals surface area contributed by atoms with Crippen LogP contribution in [0, 0.1) is 11.3 Å². The summed E-state index contributed by atoms with van der Waals surface area (Å²) in [5.41, 5.74) is 6.95. The van der Waals surface area contributed by atoms with E-state index in [1.807, 2.05) is 18.7 Å². The van der Waals surface area contributed by atoms with Crippen molar-refractivity contribution in [2.45, 2.75) is 31.2 Å². The fourth-order valence-corrected chi connectivity index (χ4v) is 3.06. The molecule has 0 atom stereocenters. The Morgan fingerprint density at radius 2 is 1.95 bits per heavy atom. The van der Waals surface area contributed by atoms with Crippen molar-refractivity contribution in [3.63, 3.8) is 0 Å². The van der Waals surface area contributed by atoms with Crippen LogP contribution in [0.4, 0.5) is 11.4 Å². The minimum absolute atomic E-state index is 0.0904. The van der Waals surface area contributed by atoms with E-state index in [1.54, 1.807) is 12.1 Å². The highest BCUT2D eigenvalue weighted by molar-refractivity contribution is 7.89. The lowest BCUT2D eigenvalue weighted by Gasteiger charge is -2.30. The zero-order valence-corrected chi connectivity index (χ0v) is 13.7. The van der Waals surface area contributed by atoms with Crippen LogP contribution < -0.4 is 10.6 Å². The second kappa shape index (κ2) is 6.78. The van der Waals surface area contributed by atoms with Crippen LogP contribution in [0.15, 0.2) is 23.1 Å². The number of nitriles is 1. The molecule has 21 heavy (non-hydrogen) atoms. The summed E-state index contributed by atoms with van der Waals surface area (Å²) in [6, 6.07) is 7.15. The van der Waals surface area contributed by atoms with Gasteiger partial charge in [0, 0.05) is 26.7 Å². The Labute approximate surface area is 126 Å². The van der Waals surface area contributed by atoms with Gasteiger partial charge in [-0.15, -0.1) is 0 Å². The number of benzene rings is 1. The predicted molar refractivity (Wildman–Crippen MR) is 84.4 cm³/mol. The molecule has 0 spiro atoms. The number of hydrogen-bond acceptors (Lipinski definition) is 5. The fraction of sp³-hybridized carbons (Fsp3) is 0.500. The number of nitrogens with two attached hydrogens (primary N) is 1. The fourth-order valence-electron chi connectivity index (χ4n) is 2.03. The van der Waals surface area contributed by atoms with Gasteiger partial charge >= 0.3 is 0 Å². The lowest BCUT2D eigenvalue weighted by Crippen LogP contribution is -2.33. The molecule has 2 N–H and O–H groups in total. The average Bonchev–Trinajstić information content (AvgIpc) is 2.40. The van der Waals surface area contributed by atoms with Crippen LogP contribution in [0.2, 0.25) is 0 Å². The monoisotopic (exact) mass is 310 g/mol. The van der Waals surface area contributed by atoms with Crippen molar-refractivity contribution >= 4 is 21.4 Å². The third-order valence-corrected chi connectivity index (χ3v) is 5.07. The summed E-state index contributed by atoms with van der Waals surface area (Å²) in [6.07, 6.45) is 0.349. The van der Waals surface area contributed by atoms with Crippen molar-refractivity contribution < 1.29 is 8.42 Å². The molecular weight excluding hydrogens is 288 g/mol. The summed E-state index contributed by atoms with van der Waals surface area (Å²) in [6.45, 7) is 4.46. The molecule has 1 rings (SSSR count). The van der Waals surface area contributed by atoms with Crippen LogP contribution >= 0.6 is 0 Å². The molecule has 6 nitrogen and oxygen atoms in total. The molecule has 0 radical (unpaired) electrons. The van der Waals surface area contributed by atoms with Gasteiger partial charge in [-0.25, -0.2) is 12.7 Å². The van der Waals surface area contributed by atoms with E-state index in [0.717, 1.165) is 4.31 Å². The van der Waals surface area contributed by atoms with Crippen molar-refractivity contribution in [3.05, 3.63) is 18.2 Å². The third-order valence-electron chi connectivity index (χ3n) is 3.20. The molecule has 116 valence electrons. The summed E-state index contributed by atoms with van der Waals surface area (Å²) in [7, 11) is -0.654. The molecule has 7 heteroatoms. The lowest BCUT2D eigenvalue weighted by molar-refractivity contribution is 0.521. The van der Waals surface area contributed by atoms with E-state index in [4.69, 9.17) is 11.0 Å². The maximum absolute atomic E-state index is 12.3. The van der Waals surface area contributed by atoms with Gasteiger partial charge in [0.2, 0.25) is 10.0 Å². The van der Waals surface area contributed by atoms with Gasteiger partial charge < -0.3 is 10.6 Å². The molecule has 0 saturated heterocycles. The Kier molecular flexibility index (Phi) is 5.58. The number of nitrogen functional groups attached to an aromatic ring is 1. The zero-order valence-electron chi connectivity index (χ0n) is 12.9. The molecular formula is C14H22N4O2S. The molecule has 0 bridgehead atoms. The molecule has 0 fully saturated rings. The zero-order chi connectivity index (χ0) is 16.2. The van der Waals surface area contributed by atoms with Gasteiger partial charge in [-0.2, -0.15) is 5.26 Å². The van der Waals surface area contributed by atoms with E-state index in [2.05, 4.69) is 6.07 Å². The number of nitrogens with zero attached hydrogens (tertiary/aromatic N) is 3. The summed E-state index contributed by atoms with van der Waals surface area (Å²) < 4.78 is 25.7. The molecule has 0 aliphatic carbocycles. The Bertz CT molecular complexity index is 633. The SMILES string of the molecule is CC(C)N(CCC#N)c1cccc(S(=O)(=O)N(C)C)c1N. The molecule has 0 aliphatic rings. The second-order valence-corrected chi connectivity index (χ2v) is 7.29. The first-order chi connectivity index (χ1) is 9.73. The minimum Gasteiger partial charge on any atom is -0.396 e. The van der Waals surface area contributed by atoms with E-state index in [-0.39, 0.29) is 16.6 Å². The summed E-state index contributed by atoms with van der Waals surface area (Å²) >= 11 is 0. The average molecular weight is 310 g/mol. The van der Waals surface area contributed by atoms with E-state index in [9.17, 15) is 8.42 Å². The summed E-state index contributed by atoms with van der Waals surface area (Å²) in [4.78, 5) is 2.03. The van der Waals surface area contributed by atoms with Gasteiger partial charge in [0.15, 0.2) is 0 Å². The van der Waals surface area contributed by atoms with E-state index in [1.165, 1.54) is 20.2 Å². The van der Waals surface area contributed by atoms with Crippen molar-refractivity contribution in [1.29, 1.82) is 5.26 Å². The Hall–Kier alpha value is -1.78. The third kappa shape index (κ3) is 3.65. The smallest absolute Gasteiger partial charge is 0.244 e. The molecule has 0 unspecified atom stereocenters. The number of para-hydroxylation sites is 1. The largest absolute Gasteiger partial charge is 0.396 e. The van der Waals surface area contributed by atoms with Crippen molar-refractivity contribution in [2.24, 2.45) is 0 Å². The first-order valence-corrected chi connectivity index (χ1v) is 8.12. The van der Waals surface area contributed by atoms with Crippen molar-refractivity contribution in [2.75, 3.05) is 31.3 Å². The number of sulfonamides is 1. The van der Waals surface area contributed by atoms with E-state index >= 15 is 0 Å². The molecule has 0 heterocycles. The molecule has 1 aromatic rings. The molecule has 0 saturated carbocycles. The minimum atomic E-state index is -3.59. The highest BCUT2D eigenvalue weighted by Crippen LogP contribution is 2.32. The van der Waals surface area contributed by atoms with Gasteiger partial charge in [-0.05, 0) is 26.0 Å². The molecule has 0 aliphatic heterocycles. The number of hydrogen-bond donors (Lipinski definition) is 1. The van der Waals surface area contributed by atoms with Gasteiger partial charge in [0.25, 0.3) is 0 Å². The van der Waals surface area contributed by atoms with Crippen LogP contribution in [-0.2, 0) is 10.0 Å². The topological polar surface area (TPSA) is 90.4 Å². The number of anilines is 2. The Morgan fingerprint density at radius 3 is 2.43 bits per heavy atom. The quantitative estimate of drug-likeness (QED) is 0.807. The first-order valence-electron chi connectivity index (χ1n) is 6.68. The first kappa shape index (κ1) is 17.3. The standard InChI is InChI=1S/C14H22N4O2S/c1-11(2)18(10-6-9-15)12-7-5-8-13(14(12)16)21(19,20)17(3)4/h5,7-8,11H,6,10,16H2,1-4H3. The van der Waals surface area contributed by atoms with Crippen molar-refractivity contribution in [1.82, 2.24) is 4.31 Å². The van der Waals surface area contributed by atoms with Crippen LogP contribution in [0.3, 0.4) is 0 Å². The molecule has 0 aromatic heterocycles.